The molecule has 0 radical (unpaired) electrons. The lowest BCUT2D eigenvalue weighted by Gasteiger charge is -2.13. The van der Waals surface area contributed by atoms with E-state index >= 15 is 0 Å². The van der Waals surface area contributed by atoms with Crippen LogP contribution in [0.1, 0.15) is 21.5 Å². The molecule has 0 aliphatic carbocycles. The highest BCUT2D eigenvalue weighted by Crippen LogP contribution is 2.27. The molecule has 6 heteroatoms. The minimum atomic E-state index is -2.92. The molecule has 0 fully saturated rings. The molecule has 26 heavy (non-hydrogen) atoms. The number of anilines is 1. The molecule has 0 unspecified atom stereocenters. The van der Waals surface area contributed by atoms with Gasteiger partial charge in [0.25, 0.3) is 5.91 Å². The lowest BCUT2D eigenvalue weighted by molar-refractivity contribution is -0.0503. The van der Waals surface area contributed by atoms with E-state index in [-0.39, 0.29) is 11.7 Å². The number of rotatable bonds is 6. The van der Waals surface area contributed by atoms with E-state index in [4.69, 9.17) is 0 Å². The number of hydrogen-bond acceptors (Lipinski definition) is 3. The molecule has 0 aliphatic heterocycles. The van der Waals surface area contributed by atoms with E-state index in [2.05, 4.69) is 15.0 Å². The van der Waals surface area contributed by atoms with Gasteiger partial charge in [-0.1, -0.05) is 30.3 Å². The number of ether oxygens (including phenoxy) is 1. The molecule has 0 aliphatic rings. The Hall–Kier alpha value is -3.28. The number of aromatic nitrogens is 1. The molecule has 3 rings (SSSR count). The van der Waals surface area contributed by atoms with Crippen molar-refractivity contribution in [3.63, 3.8) is 0 Å². The molecule has 2 aromatic carbocycles. The number of hydrogen-bond donors (Lipinski definition) is 1. The standard InChI is InChI=1S/C20H16F2N2O2/c21-20(22)26-18-7-6-17(24-19(25)15-8-10-23-11-9-15)13-16(18)12-14-4-2-1-3-5-14/h1-11,13,20H,12H2,(H,24,25). The SMILES string of the molecule is O=C(Nc1ccc(OC(F)F)c(Cc2ccccc2)c1)c1ccncc1. The molecule has 1 aromatic heterocycles. The van der Waals surface area contributed by atoms with E-state index in [0.29, 0.717) is 23.2 Å². The number of halogens is 2. The van der Waals surface area contributed by atoms with E-state index < -0.39 is 6.61 Å². The first kappa shape index (κ1) is 17.5. The fourth-order valence-corrected chi connectivity index (χ4v) is 2.53. The Morgan fingerprint density at radius 3 is 2.46 bits per heavy atom. The molecule has 0 saturated heterocycles. The minimum absolute atomic E-state index is 0.0887. The third kappa shape index (κ3) is 4.63. The third-order valence-electron chi connectivity index (χ3n) is 3.71. The van der Waals surface area contributed by atoms with Gasteiger partial charge in [0.15, 0.2) is 0 Å². The lowest BCUT2D eigenvalue weighted by Crippen LogP contribution is -2.12. The number of carbonyl (C=O) groups is 1. The summed E-state index contributed by atoms with van der Waals surface area (Å²) >= 11 is 0. The summed E-state index contributed by atoms with van der Waals surface area (Å²) in [7, 11) is 0. The van der Waals surface area contributed by atoms with Gasteiger partial charge in [-0.25, -0.2) is 0 Å². The lowest BCUT2D eigenvalue weighted by atomic mass is 10.0. The van der Waals surface area contributed by atoms with Crippen LogP contribution in [-0.4, -0.2) is 17.5 Å². The molecule has 1 N–H and O–H groups in total. The second-order valence-electron chi connectivity index (χ2n) is 5.55. The maximum Gasteiger partial charge on any atom is 0.387 e. The van der Waals surface area contributed by atoms with Crippen molar-refractivity contribution in [3.8, 4) is 5.75 Å². The molecule has 0 saturated carbocycles. The monoisotopic (exact) mass is 354 g/mol. The van der Waals surface area contributed by atoms with Gasteiger partial charge < -0.3 is 10.1 Å². The second kappa shape index (κ2) is 8.20. The zero-order chi connectivity index (χ0) is 18.4. The van der Waals surface area contributed by atoms with Crippen molar-refractivity contribution >= 4 is 11.6 Å². The van der Waals surface area contributed by atoms with Crippen LogP contribution in [0, 0.1) is 0 Å². The normalized spacial score (nSPS) is 10.6. The van der Waals surface area contributed by atoms with Crippen LogP contribution in [0.4, 0.5) is 14.5 Å². The number of pyridine rings is 1. The fraction of sp³-hybridized carbons (Fsp3) is 0.100. The fourth-order valence-electron chi connectivity index (χ4n) is 2.53. The first-order valence-electron chi connectivity index (χ1n) is 7.95. The van der Waals surface area contributed by atoms with Crippen LogP contribution in [0.15, 0.2) is 73.1 Å². The largest absolute Gasteiger partial charge is 0.435 e. The Labute approximate surface area is 149 Å². The Morgan fingerprint density at radius 1 is 1.04 bits per heavy atom. The maximum atomic E-state index is 12.7. The topological polar surface area (TPSA) is 51.2 Å². The molecular weight excluding hydrogens is 338 g/mol. The van der Waals surface area contributed by atoms with Crippen molar-refractivity contribution in [2.24, 2.45) is 0 Å². The molecule has 4 nitrogen and oxygen atoms in total. The predicted molar refractivity (Wildman–Crippen MR) is 94.5 cm³/mol. The van der Waals surface area contributed by atoms with E-state index in [1.54, 1.807) is 18.2 Å². The summed E-state index contributed by atoms with van der Waals surface area (Å²) in [4.78, 5) is 16.1. The van der Waals surface area contributed by atoms with Crippen LogP contribution in [0.2, 0.25) is 0 Å². The van der Waals surface area contributed by atoms with Crippen LogP contribution in [-0.2, 0) is 6.42 Å². The Bertz CT molecular complexity index is 871. The third-order valence-corrected chi connectivity index (χ3v) is 3.71. The van der Waals surface area contributed by atoms with Gasteiger partial charge in [-0.15, -0.1) is 0 Å². The highest BCUT2D eigenvalue weighted by Gasteiger charge is 2.13. The van der Waals surface area contributed by atoms with Gasteiger partial charge in [0.2, 0.25) is 0 Å². The van der Waals surface area contributed by atoms with Crippen molar-refractivity contribution in [1.29, 1.82) is 0 Å². The molecule has 1 amide bonds. The number of nitrogens with one attached hydrogen (secondary N) is 1. The molecule has 0 atom stereocenters. The van der Waals surface area contributed by atoms with Crippen molar-refractivity contribution in [1.82, 2.24) is 4.98 Å². The zero-order valence-corrected chi connectivity index (χ0v) is 13.7. The van der Waals surface area contributed by atoms with Gasteiger partial charge in [-0.2, -0.15) is 8.78 Å². The van der Waals surface area contributed by atoms with Crippen LogP contribution < -0.4 is 10.1 Å². The molecule has 0 spiro atoms. The molecule has 0 bridgehead atoms. The summed E-state index contributed by atoms with van der Waals surface area (Å²) in [6.45, 7) is -2.92. The zero-order valence-electron chi connectivity index (χ0n) is 13.7. The van der Waals surface area contributed by atoms with Crippen molar-refractivity contribution in [2.75, 3.05) is 5.32 Å². The van der Waals surface area contributed by atoms with Gasteiger partial charge in [-0.05, 0) is 35.9 Å². The second-order valence-corrected chi connectivity index (χ2v) is 5.55. The molecule has 1 heterocycles. The Kier molecular flexibility index (Phi) is 5.53. The predicted octanol–water partition coefficient (Wildman–Crippen LogP) is 4.53. The number of benzene rings is 2. The van der Waals surface area contributed by atoms with Crippen molar-refractivity contribution in [2.45, 2.75) is 13.0 Å². The van der Waals surface area contributed by atoms with E-state index in [0.717, 1.165) is 5.56 Å². The van der Waals surface area contributed by atoms with Gasteiger partial charge in [0, 0.05) is 35.6 Å². The van der Waals surface area contributed by atoms with Gasteiger partial charge >= 0.3 is 6.61 Å². The summed E-state index contributed by atoms with van der Waals surface area (Å²) in [6.07, 6.45) is 3.45. The minimum Gasteiger partial charge on any atom is -0.435 e. The first-order chi connectivity index (χ1) is 12.6. The van der Waals surface area contributed by atoms with Gasteiger partial charge in [0.05, 0.1) is 0 Å². The summed E-state index contributed by atoms with van der Waals surface area (Å²) < 4.78 is 30.0. The number of amides is 1. The maximum absolute atomic E-state index is 12.7. The summed E-state index contributed by atoms with van der Waals surface area (Å²) in [6, 6.07) is 17.2. The van der Waals surface area contributed by atoms with Gasteiger partial charge in [-0.3, -0.25) is 9.78 Å². The summed E-state index contributed by atoms with van der Waals surface area (Å²) in [5, 5.41) is 2.76. The average Bonchev–Trinajstić information content (AvgIpc) is 2.65. The summed E-state index contributed by atoms with van der Waals surface area (Å²) in [5.74, 6) is -0.216. The van der Waals surface area contributed by atoms with Gasteiger partial charge in [0.1, 0.15) is 5.75 Å². The number of carbonyl (C=O) groups excluding carboxylic acids is 1. The molecular formula is C20H16F2N2O2. The van der Waals surface area contributed by atoms with Crippen molar-refractivity contribution in [3.05, 3.63) is 89.7 Å². The Morgan fingerprint density at radius 2 is 1.77 bits per heavy atom. The molecule has 132 valence electrons. The highest BCUT2D eigenvalue weighted by atomic mass is 19.3. The number of nitrogens with zero attached hydrogens (tertiary/aromatic N) is 1. The van der Waals surface area contributed by atoms with E-state index in [9.17, 15) is 13.6 Å². The van der Waals surface area contributed by atoms with Crippen LogP contribution in [0.5, 0.6) is 5.75 Å². The van der Waals surface area contributed by atoms with E-state index in [1.807, 2.05) is 30.3 Å². The summed E-state index contributed by atoms with van der Waals surface area (Å²) in [5.41, 5.74) is 2.46. The quantitative estimate of drug-likeness (QED) is 0.708. The highest BCUT2D eigenvalue weighted by molar-refractivity contribution is 6.04. The number of alkyl halides is 2. The van der Waals surface area contributed by atoms with E-state index in [1.165, 1.54) is 24.5 Å². The first-order valence-corrected chi connectivity index (χ1v) is 7.95. The van der Waals surface area contributed by atoms with Crippen LogP contribution in [0.25, 0.3) is 0 Å². The van der Waals surface area contributed by atoms with Crippen molar-refractivity contribution < 1.29 is 18.3 Å². The smallest absolute Gasteiger partial charge is 0.387 e. The average molecular weight is 354 g/mol. The Balaban J connectivity index is 1.85. The van der Waals surface area contributed by atoms with Crippen LogP contribution >= 0.6 is 0 Å². The molecule has 3 aromatic rings. The van der Waals surface area contributed by atoms with Crippen LogP contribution in [0.3, 0.4) is 0 Å².